The van der Waals surface area contributed by atoms with Crippen LogP contribution < -0.4 is 5.32 Å². The number of carbonyl (C=O) groups excluding carboxylic acids is 1. The number of pyridine rings is 1. The molecule has 0 unspecified atom stereocenters. The van der Waals surface area contributed by atoms with Gasteiger partial charge in [0, 0.05) is 30.2 Å². The van der Waals surface area contributed by atoms with Crippen molar-refractivity contribution in [2.75, 3.05) is 26.2 Å². The molecule has 2 N–H and O–H groups in total. The van der Waals surface area contributed by atoms with Gasteiger partial charge in [-0.15, -0.1) is 11.3 Å². The molecule has 1 fully saturated rings. The number of aryl methyl sites for hydroxylation is 2. The van der Waals surface area contributed by atoms with Gasteiger partial charge in [0.25, 0.3) is 5.91 Å². The van der Waals surface area contributed by atoms with Crippen LogP contribution in [0.15, 0.2) is 12.1 Å². The van der Waals surface area contributed by atoms with Crippen LogP contribution in [0.2, 0.25) is 0 Å². The summed E-state index contributed by atoms with van der Waals surface area (Å²) in [5.74, 6) is 0.00565. The third kappa shape index (κ3) is 3.77. The maximum atomic E-state index is 12.5. The fraction of sp³-hybridized carbons (Fsp3) is 0.600. The summed E-state index contributed by atoms with van der Waals surface area (Å²) >= 11 is 1.50. The lowest BCUT2D eigenvalue weighted by Crippen LogP contribution is -2.35. The quantitative estimate of drug-likeness (QED) is 0.764. The monoisotopic (exact) mass is 373 g/mol. The van der Waals surface area contributed by atoms with Crippen LogP contribution in [0, 0.1) is 0 Å². The zero-order valence-corrected chi connectivity index (χ0v) is 16.0. The Balaban J connectivity index is 1.33. The number of aliphatic hydroxyl groups is 1. The van der Waals surface area contributed by atoms with Crippen molar-refractivity contribution in [2.45, 2.75) is 51.0 Å². The molecule has 6 heteroatoms. The fourth-order valence-electron chi connectivity index (χ4n) is 4.17. The molecule has 2 aromatic rings. The molecule has 0 bridgehead atoms. The summed E-state index contributed by atoms with van der Waals surface area (Å²) < 4.78 is 0. The summed E-state index contributed by atoms with van der Waals surface area (Å²) in [5.41, 5.74) is 2.58. The number of aliphatic hydroxyl groups excluding tert-OH is 1. The average Bonchev–Trinajstić information content (AvgIpc) is 3.29. The number of amides is 1. The van der Waals surface area contributed by atoms with E-state index in [4.69, 9.17) is 4.98 Å². The smallest absolute Gasteiger partial charge is 0.261 e. The SMILES string of the molecule is O=C(NCCCN1CCC[C@@H]1CO)c1cc2cc3c(nc2s1)CCCC3. The largest absolute Gasteiger partial charge is 0.395 e. The molecule has 5 nitrogen and oxygen atoms in total. The number of nitrogens with one attached hydrogen (secondary N) is 1. The van der Waals surface area contributed by atoms with Gasteiger partial charge in [0.05, 0.1) is 11.5 Å². The second-order valence-corrected chi connectivity index (χ2v) is 8.46. The van der Waals surface area contributed by atoms with E-state index in [1.54, 1.807) is 0 Å². The Morgan fingerprint density at radius 3 is 3.08 bits per heavy atom. The Hall–Kier alpha value is -1.50. The molecule has 4 rings (SSSR count). The minimum atomic E-state index is 0.00565. The lowest BCUT2D eigenvalue weighted by atomic mass is 9.96. The van der Waals surface area contributed by atoms with Crippen molar-refractivity contribution in [1.29, 1.82) is 0 Å². The van der Waals surface area contributed by atoms with Crippen LogP contribution in [0.1, 0.15) is 53.0 Å². The summed E-state index contributed by atoms with van der Waals surface area (Å²) in [6.07, 6.45) is 7.80. The van der Waals surface area contributed by atoms with Gasteiger partial charge >= 0.3 is 0 Å². The molecule has 1 saturated heterocycles. The van der Waals surface area contributed by atoms with E-state index in [0.717, 1.165) is 60.3 Å². The standard InChI is InChI=1S/C20H27N3O2S/c24-13-16-6-3-9-23(16)10-4-8-21-19(25)18-12-15-11-14-5-1-2-7-17(14)22-20(15)26-18/h11-12,16,24H,1-10,13H2,(H,21,25)/t16-/m1/s1. The van der Waals surface area contributed by atoms with Gasteiger partial charge in [0.1, 0.15) is 4.83 Å². The first-order valence-electron chi connectivity index (χ1n) is 9.80. The number of rotatable bonds is 6. The lowest BCUT2D eigenvalue weighted by molar-refractivity contribution is 0.0953. The van der Waals surface area contributed by atoms with Gasteiger partial charge in [-0.05, 0) is 69.2 Å². The first-order chi connectivity index (χ1) is 12.7. The summed E-state index contributed by atoms with van der Waals surface area (Å²) in [7, 11) is 0. The molecule has 1 aliphatic heterocycles. The van der Waals surface area contributed by atoms with Gasteiger partial charge in [-0.25, -0.2) is 4.98 Å². The predicted molar refractivity (Wildman–Crippen MR) is 105 cm³/mol. The predicted octanol–water partition coefficient (Wildman–Crippen LogP) is 2.75. The molecule has 1 atom stereocenters. The molecule has 0 aromatic carbocycles. The van der Waals surface area contributed by atoms with E-state index >= 15 is 0 Å². The van der Waals surface area contributed by atoms with Crippen molar-refractivity contribution >= 4 is 27.5 Å². The Labute approximate surface area is 158 Å². The Morgan fingerprint density at radius 2 is 2.19 bits per heavy atom. The van der Waals surface area contributed by atoms with Crippen LogP contribution in [0.5, 0.6) is 0 Å². The molecule has 2 aliphatic rings. The first kappa shape index (κ1) is 17.9. The van der Waals surface area contributed by atoms with E-state index in [1.807, 2.05) is 6.07 Å². The molecule has 140 valence electrons. The van der Waals surface area contributed by atoms with Gasteiger partial charge < -0.3 is 10.4 Å². The Morgan fingerprint density at radius 1 is 1.31 bits per heavy atom. The number of thiophene rings is 1. The molecular weight excluding hydrogens is 346 g/mol. The summed E-state index contributed by atoms with van der Waals surface area (Å²) in [6, 6.07) is 4.52. The molecule has 1 aliphatic carbocycles. The van der Waals surface area contributed by atoms with Gasteiger partial charge in [-0.1, -0.05) is 0 Å². The lowest BCUT2D eigenvalue weighted by Gasteiger charge is -2.22. The minimum Gasteiger partial charge on any atom is -0.395 e. The third-order valence-electron chi connectivity index (χ3n) is 5.63. The van der Waals surface area contributed by atoms with Crippen molar-refractivity contribution in [3.8, 4) is 0 Å². The summed E-state index contributed by atoms with van der Waals surface area (Å²) in [4.78, 5) is 21.3. The van der Waals surface area contributed by atoms with Crippen LogP contribution in [0.4, 0.5) is 0 Å². The maximum absolute atomic E-state index is 12.5. The zero-order valence-electron chi connectivity index (χ0n) is 15.2. The molecule has 0 saturated carbocycles. The highest BCUT2D eigenvalue weighted by atomic mass is 32.1. The van der Waals surface area contributed by atoms with Crippen molar-refractivity contribution in [3.05, 3.63) is 28.3 Å². The third-order valence-corrected chi connectivity index (χ3v) is 6.67. The molecule has 26 heavy (non-hydrogen) atoms. The highest BCUT2D eigenvalue weighted by molar-refractivity contribution is 7.20. The summed E-state index contributed by atoms with van der Waals surface area (Å²) in [5, 5.41) is 13.5. The number of hydrogen-bond donors (Lipinski definition) is 2. The van der Waals surface area contributed by atoms with E-state index in [-0.39, 0.29) is 12.5 Å². The maximum Gasteiger partial charge on any atom is 0.261 e. The number of nitrogens with zero attached hydrogens (tertiary/aromatic N) is 2. The van der Waals surface area contributed by atoms with Crippen LogP contribution in [0.3, 0.4) is 0 Å². The van der Waals surface area contributed by atoms with E-state index < -0.39 is 0 Å². The van der Waals surface area contributed by atoms with Crippen LogP contribution >= 0.6 is 11.3 Å². The van der Waals surface area contributed by atoms with Gasteiger partial charge in [0.15, 0.2) is 0 Å². The fourth-order valence-corrected chi connectivity index (χ4v) is 5.12. The molecule has 0 radical (unpaired) electrons. The van der Waals surface area contributed by atoms with Gasteiger partial charge in [-0.3, -0.25) is 9.69 Å². The second-order valence-electron chi connectivity index (χ2n) is 7.43. The number of fused-ring (bicyclic) bond motifs is 2. The normalized spacial score (nSPS) is 20.4. The van der Waals surface area contributed by atoms with E-state index in [9.17, 15) is 9.90 Å². The molecule has 3 heterocycles. The van der Waals surface area contributed by atoms with Crippen LogP contribution in [-0.2, 0) is 12.8 Å². The van der Waals surface area contributed by atoms with Crippen molar-refractivity contribution in [3.63, 3.8) is 0 Å². The van der Waals surface area contributed by atoms with E-state index in [1.165, 1.54) is 35.4 Å². The highest BCUT2D eigenvalue weighted by Crippen LogP contribution is 2.29. The zero-order chi connectivity index (χ0) is 17.9. The van der Waals surface area contributed by atoms with Gasteiger partial charge in [0.2, 0.25) is 0 Å². The molecule has 1 amide bonds. The van der Waals surface area contributed by atoms with Crippen molar-refractivity contribution in [2.24, 2.45) is 0 Å². The van der Waals surface area contributed by atoms with Gasteiger partial charge in [-0.2, -0.15) is 0 Å². The number of likely N-dealkylation sites (tertiary alicyclic amines) is 1. The Kier molecular flexibility index (Phi) is 5.52. The number of aromatic nitrogens is 1. The van der Waals surface area contributed by atoms with Crippen molar-refractivity contribution < 1.29 is 9.90 Å². The van der Waals surface area contributed by atoms with Crippen molar-refractivity contribution in [1.82, 2.24) is 15.2 Å². The van der Waals surface area contributed by atoms with Crippen LogP contribution in [-0.4, -0.2) is 53.2 Å². The minimum absolute atomic E-state index is 0.00565. The first-order valence-corrected chi connectivity index (χ1v) is 10.6. The van der Waals surface area contributed by atoms with E-state index in [0.29, 0.717) is 12.6 Å². The Bertz CT molecular complexity index is 746. The van der Waals surface area contributed by atoms with E-state index in [2.05, 4.69) is 16.3 Å². The molecular formula is C20H27N3O2S. The average molecular weight is 374 g/mol. The molecule has 0 spiro atoms. The second kappa shape index (κ2) is 8.03. The number of carbonyl (C=O) groups is 1. The van der Waals surface area contributed by atoms with Crippen LogP contribution in [0.25, 0.3) is 10.2 Å². The topological polar surface area (TPSA) is 65.5 Å². The summed E-state index contributed by atoms with van der Waals surface area (Å²) in [6.45, 7) is 2.91. The highest BCUT2D eigenvalue weighted by Gasteiger charge is 2.23. The number of hydrogen-bond acceptors (Lipinski definition) is 5. The molecule has 2 aromatic heterocycles.